The number of aromatic nitrogens is 3. The van der Waals surface area contributed by atoms with Crippen molar-refractivity contribution in [2.75, 3.05) is 6.54 Å². The fourth-order valence-corrected chi connectivity index (χ4v) is 3.41. The Labute approximate surface area is 135 Å². The second-order valence-electron chi connectivity index (χ2n) is 5.19. The Hall–Kier alpha value is -0.910. The van der Waals surface area contributed by atoms with Crippen LogP contribution in [0.15, 0.2) is 5.38 Å². The Morgan fingerprint density at radius 1 is 1.43 bits per heavy atom. The van der Waals surface area contributed by atoms with E-state index in [0.29, 0.717) is 0 Å². The lowest BCUT2D eigenvalue weighted by Crippen LogP contribution is -2.25. The third-order valence-corrected chi connectivity index (χ3v) is 4.76. The second kappa shape index (κ2) is 7.38. The zero-order valence-electron chi connectivity index (χ0n) is 13.1. The number of rotatable bonds is 7. The van der Waals surface area contributed by atoms with Crippen LogP contribution in [0.5, 0.6) is 0 Å². The monoisotopic (exact) mass is 326 g/mol. The van der Waals surface area contributed by atoms with Gasteiger partial charge in [-0.25, -0.2) is 4.98 Å². The molecule has 0 aliphatic heterocycles. The number of aryl methyl sites for hydroxylation is 3. The summed E-state index contributed by atoms with van der Waals surface area (Å²) in [5.74, 6) is 0. The summed E-state index contributed by atoms with van der Waals surface area (Å²) >= 11 is 8.16. The maximum Gasteiger partial charge on any atom is 0.0898 e. The highest BCUT2D eigenvalue weighted by Gasteiger charge is 2.20. The minimum Gasteiger partial charge on any atom is -0.308 e. The molecule has 0 saturated heterocycles. The molecule has 1 N–H and O–H groups in total. The lowest BCUT2D eigenvalue weighted by Gasteiger charge is -2.17. The summed E-state index contributed by atoms with van der Waals surface area (Å²) in [5.41, 5.74) is 3.15. The minimum absolute atomic E-state index is 0.188. The normalized spacial score (nSPS) is 12.8. The van der Waals surface area contributed by atoms with Crippen molar-refractivity contribution < 1.29 is 0 Å². The summed E-state index contributed by atoms with van der Waals surface area (Å²) < 4.78 is 1.90. The van der Waals surface area contributed by atoms with E-state index in [1.54, 1.807) is 11.3 Å². The van der Waals surface area contributed by atoms with Crippen LogP contribution in [-0.2, 0) is 19.9 Å². The van der Waals surface area contributed by atoms with Crippen molar-refractivity contribution >= 4 is 22.9 Å². The third-order valence-electron chi connectivity index (χ3n) is 3.53. The van der Waals surface area contributed by atoms with E-state index < -0.39 is 0 Å². The summed E-state index contributed by atoms with van der Waals surface area (Å²) in [7, 11) is 1.96. The zero-order chi connectivity index (χ0) is 15.4. The molecule has 0 bridgehead atoms. The van der Waals surface area contributed by atoms with E-state index >= 15 is 0 Å². The van der Waals surface area contributed by atoms with Crippen LogP contribution in [0.1, 0.15) is 48.4 Å². The maximum atomic E-state index is 6.47. The number of thiazole rings is 1. The van der Waals surface area contributed by atoms with Gasteiger partial charge in [-0.3, -0.25) is 4.68 Å². The predicted molar refractivity (Wildman–Crippen MR) is 89.2 cm³/mol. The van der Waals surface area contributed by atoms with Gasteiger partial charge in [-0.2, -0.15) is 5.10 Å². The third kappa shape index (κ3) is 3.84. The summed E-state index contributed by atoms with van der Waals surface area (Å²) in [4.78, 5) is 4.63. The number of nitrogens with zero attached hydrogens (tertiary/aromatic N) is 3. The molecule has 2 rings (SSSR count). The molecule has 1 unspecified atom stereocenters. The SMILES string of the molecule is CCCNC(Cc1c(Cl)c(CC)nn1C)c1csc(C)n1. The van der Waals surface area contributed by atoms with Gasteiger partial charge in [-0.15, -0.1) is 11.3 Å². The largest absolute Gasteiger partial charge is 0.308 e. The van der Waals surface area contributed by atoms with Gasteiger partial charge in [0.1, 0.15) is 0 Å². The summed E-state index contributed by atoms with van der Waals surface area (Å²) in [6, 6.07) is 0.188. The molecule has 0 saturated carbocycles. The number of hydrogen-bond donors (Lipinski definition) is 1. The molecule has 2 heterocycles. The van der Waals surface area contributed by atoms with Gasteiger partial charge in [0.15, 0.2) is 0 Å². The van der Waals surface area contributed by atoms with Gasteiger partial charge in [-0.05, 0) is 26.3 Å². The smallest absolute Gasteiger partial charge is 0.0898 e. The highest BCUT2D eigenvalue weighted by molar-refractivity contribution is 7.09. The fourth-order valence-electron chi connectivity index (χ4n) is 2.38. The number of halogens is 1. The lowest BCUT2D eigenvalue weighted by molar-refractivity contribution is 0.503. The van der Waals surface area contributed by atoms with Gasteiger partial charge in [-0.1, -0.05) is 25.4 Å². The lowest BCUT2D eigenvalue weighted by atomic mass is 10.1. The molecule has 116 valence electrons. The first kappa shape index (κ1) is 16.5. The molecular formula is C15H23ClN4S. The molecule has 0 aromatic carbocycles. The standard InChI is InChI=1S/C15H23ClN4S/c1-5-7-17-12(13-9-21-10(3)18-13)8-14-15(16)11(6-2)19-20(14)4/h9,12,17H,5-8H2,1-4H3. The Bertz CT molecular complexity index is 591. The molecule has 6 heteroatoms. The van der Waals surface area contributed by atoms with Crippen molar-refractivity contribution in [1.29, 1.82) is 0 Å². The first-order valence-electron chi connectivity index (χ1n) is 7.42. The van der Waals surface area contributed by atoms with Gasteiger partial charge in [0.25, 0.3) is 0 Å². The van der Waals surface area contributed by atoms with Crippen molar-refractivity contribution in [3.63, 3.8) is 0 Å². The van der Waals surface area contributed by atoms with E-state index in [9.17, 15) is 0 Å². The second-order valence-corrected chi connectivity index (χ2v) is 6.63. The highest BCUT2D eigenvalue weighted by Crippen LogP contribution is 2.27. The topological polar surface area (TPSA) is 42.7 Å². The molecule has 4 nitrogen and oxygen atoms in total. The van der Waals surface area contributed by atoms with E-state index in [0.717, 1.165) is 52.9 Å². The molecule has 0 aliphatic rings. The molecule has 0 radical (unpaired) electrons. The van der Waals surface area contributed by atoms with Crippen molar-refractivity contribution in [2.45, 2.75) is 46.1 Å². The molecule has 2 aromatic rings. The maximum absolute atomic E-state index is 6.47. The van der Waals surface area contributed by atoms with Crippen LogP contribution < -0.4 is 5.32 Å². The first-order chi connectivity index (χ1) is 10.1. The van der Waals surface area contributed by atoms with Gasteiger partial charge in [0.05, 0.1) is 33.2 Å². The first-order valence-corrected chi connectivity index (χ1v) is 8.68. The Balaban J connectivity index is 2.24. The van der Waals surface area contributed by atoms with Gasteiger partial charge in [0, 0.05) is 18.8 Å². The van der Waals surface area contributed by atoms with Crippen LogP contribution in [0.25, 0.3) is 0 Å². The van der Waals surface area contributed by atoms with Crippen LogP contribution in [0.2, 0.25) is 5.02 Å². The molecule has 0 amide bonds. The molecule has 1 atom stereocenters. The van der Waals surface area contributed by atoms with E-state index in [1.807, 2.05) is 18.7 Å². The van der Waals surface area contributed by atoms with Crippen molar-refractivity contribution in [3.05, 3.63) is 32.5 Å². The van der Waals surface area contributed by atoms with Crippen molar-refractivity contribution in [1.82, 2.24) is 20.1 Å². The number of nitrogens with one attached hydrogen (secondary N) is 1. The highest BCUT2D eigenvalue weighted by atomic mass is 35.5. The van der Waals surface area contributed by atoms with Gasteiger partial charge >= 0.3 is 0 Å². The average molecular weight is 327 g/mol. The minimum atomic E-state index is 0.188. The van der Waals surface area contributed by atoms with E-state index in [1.165, 1.54) is 0 Å². The number of hydrogen-bond acceptors (Lipinski definition) is 4. The summed E-state index contributed by atoms with van der Waals surface area (Å²) in [6.45, 7) is 7.26. The Kier molecular flexibility index (Phi) is 5.79. The Morgan fingerprint density at radius 2 is 2.19 bits per heavy atom. The molecule has 0 spiro atoms. The van der Waals surface area contributed by atoms with Crippen molar-refractivity contribution in [3.8, 4) is 0 Å². The van der Waals surface area contributed by atoms with Crippen LogP contribution in [0.4, 0.5) is 0 Å². The van der Waals surface area contributed by atoms with E-state index in [-0.39, 0.29) is 6.04 Å². The molecule has 0 fully saturated rings. The molecular weight excluding hydrogens is 304 g/mol. The van der Waals surface area contributed by atoms with E-state index in [2.05, 4.69) is 34.6 Å². The van der Waals surface area contributed by atoms with Crippen LogP contribution in [0.3, 0.4) is 0 Å². The average Bonchev–Trinajstić information content (AvgIpc) is 3.00. The van der Waals surface area contributed by atoms with Crippen LogP contribution >= 0.6 is 22.9 Å². The predicted octanol–water partition coefficient (Wildman–Crippen LogP) is 3.68. The molecule has 0 aliphatic carbocycles. The quantitative estimate of drug-likeness (QED) is 0.844. The van der Waals surface area contributed by atoms with Crippen LogP contribution in [-0.4, -0.2) is 21.3 Å². The van der Waals surface area contributed by atoms with Gasteiger partial charge < -0.3 is 5.32 Å². The van der Waals surface area contributed by atoms with Crippen LogP contribution in [0, 0.1) is 6.92 Å². The zero-order valence-corrected chi connectivity index (χ0v) is 14.7. The molecule has 2 aromatic heterocycles. The van der Waals surface area contributed by atoms with Gasteiger partial charge in [0.2, 0.25) is 0 Å². The summed E-state index contributed by atoms with van der Waals surface area (Å²) in [6.07, 6.45) is 2.76. The molecule has 21 heavy (non-hydrogen) atoms. The van der Waals surface area contributed by atoms with E-state index in [4.69, 9.17) is 11.6 Å². The van der Waals surface area contributed by atoms with Crippen molar-refractivity contribution in [2.24, 2.45) is 7.05 Å². The fraction of sp³-hybridized carbons (Fsp3) is 0.600. The summed E-state index contributed by atoms with van der Waals surface area (Å²) in [5, 5.41) is 12.1. The Morgan fingerprint density at radius 3 is 2.71 bits per heavy atom.